The number of aliphatic imine (C=N–C) groups is 2. The number of benzene rings is 1. The topological polar surface area (TPSA) is 58.9 Å². The van der Waals surface area contributed by atoms with Crippen LogP contribution >= 0.6 is 0 Å². The van der Waals surface area contributed by atoms with Crippen LogP contribution < -0.4 is 0 Å². The molecule has 0 saturated carbocycles. The summed E-state index contributed by atoms with van der Waals surface area (Å²) in [4.78, 5) is 26.9. The average molecular weight is 188 g/mol. The molecular weight excluding hydrogens is 180 g/mol. The third-order valence-electron chi connectivity index (χ3n) is 1.77. The number of nitrogens with zero attached hydrogens (tertiary/aromatic N) is 2. The summed E-state index contributed by atoms with van der Waals surface area (Å²) in [6.45, 7) is 2.09. The molecule has 0 aliphatic carbocycles. The maximum atomic E-state index is 10.1. The second-order valence-electron chi connectivity index (χ2n) is 2.73. The molecule has 4 nitrogen and oxygen atoms in total. The van der Waals surface area contributed by atoms with Crippen LogP contribution in [0.5, 0.6) is 0 Å². The van der Waals surface area contributed by atoms with Crippen LogP contribution in [-0.4, -0.2) is 12.2 Å². The lowest BCUT2D eigenvalue weighted by atomic mass is 10.1. The van der Waals surface area contributed by atoms with Gasteiger partial charge in [0.2, 0.25) is 12.2 Å². The van der Waals surface area contributed by atoms with E-state index in [0.717, 1.165) is 11.1 Å². The molecule has 0 aliphatic rings. The number of rotatable bonds is 3. The van der Waals surface area contributed by atoms with E-state index in [0.29, 0.717) is 5.69 Å². The van der Waals surface area contributed by atoms with Crippen LogP contribution in [0.25, 0.3) is 0 Å². The fourth-order valence-corrected chi connectivity index (χ4v) is 1.05. The Morgan fingerprint density at radius 2 is 2.07 bits per heavy atom. The standard InChI is InChI=1S/C10H8N2O2/c1-8-2-3-9(5-11-6-13)4-10(8)12-7-14/h2-4H,5H2,1H3. The summed E-state index contributed by atoms with van der Waals surface area (Å²) in [6, 6.07) is 5.33. The number of isocyanates is 2. The molecule has 0 saturated heterocycles. The third kappa shape index (κ3) is 2.49. The van der Waals surface area contributed by atoms with Crippen molar-refractivity contribution in [3.05, 3.63) is 29.3 Å². The SMILES string of the molecule is Cc1ccc(CN=C=O)cc1N=C=O. The molecule has 1 aromatic rings. The largest absolute Gasteiger partial charge is 0.240 e. The zero-order chi connectivity index (χ0) is 10.4. The minimum atomic E-state index is 0.255. The molecule has 0 spiro atoms. The first-order valence-electron chi connectivity index (χ1n) is 3.99. The highest BCUT2D eigenvalue weighted by atomic mass is 16.1. The Morgan fingerprint density at radius 1 is 1.29 bits per heavy atom. The van der Waals surface area contributed by atoms with E-state index in [2.05, 4.69) is 9.98 Å². The molecule has 1 rings (SSSR count). The molecule has 0 atom stereocenters. The fourth-order valence-electron chi connectivity index (χ4n) is 1.05. The van der Waals surface area contributed by atoms with Gasteiger partial charge in [-0.15, -0.1) is 0 Å². The third-order valence-corrected chi connectivity index (χ3v) is 1.77. The fraction of sp³-hybridized carbons (Fsp3) is 0.200. The lowest BCUT2D eigenvalue weighted by molar-refractivity contribution is 0.562. The Bertz CT molecular complexity index is 428. The Kier molecular flexibility index (Phi) is 3.50. The maximum absolute atomic E-state index is 10.1. The highest BCUT2D eigenvalue weighted by molar-refractivity contribution is 5.54. The summed E-state index contributed by atoms with van der Waals surface area (Å²) in [6.07, 6.45) is 2.92. The molecule has 0 radical (unpaired) electrons. The van der Waals surface area contributed by atoms with Crippen molar-refractivity contribution in [2.75, 3.05) is 0 Å². The van der Waals surface area contributed by atoms with Gasteiger partial charge in [0.05, 0.1) is 12.2 Å². The van der Waals surface area contributed by atoms with Gasteiger partial charge < -0.3 is 0 Å². The molecule has 0 amide bonds. The molecule has 0 heterocycles. The number of aryl methyl sites for hydroxylation is 1. The van der Waals surface area contributed by atoms with E-state index in [1.807, 2.05) is 19.1 Å². The van der Waals surface area contributed by atoms with Gasteiger partial charge in [0.25, 0.3) is 0 Å². The Hall–Kier alpha value is -2.02. The molecule has 1 aromatic carbocycles. The van der Waals surface area contributed by atoms with Crippen molar-refractivity contribution >= 4 is 17.8 Å². The molecule has 70 valence electrons. The van der Waals surface area contributed by atoms with Gasteiger partial charge in [-0.2, -0.15) is 4.99 Å². The van der Waals surface area contributed by atoms with Gasteiger partial charge in [-0.3, -0.25) is 0 Å². The van der Waals surface area contributed by atoms with Gasteiger partial charge in [-0.1, -0.05) is 12.1 Å². The predicted octanol–water partition coefficient (Wildman–Crippen LogP) is 1.80. The minimum absolute atomic E-state index is 0.255. The van der Waals surface area contributed by atoms with Crippen molar-refractivity contribution in [1.82, 2.24) is 0 Å². The first kappa shape index (κ1) is 10.1. The van der Waals surface area contributed by atoms with Crippen molar-refractivity contribution in [3.63, 3.8) is 0 Å². The van der Waals surface area contributed by atoms with Crippen LogP contribution in [0.3, 0.4) is 0 Å². The highest BCUT2D eigenvalue weighted by Crippen LogP contribution is 2.19. The Balaban J connectivity index is 3.05. The molecule has 0 unspecified atom stereocenters. The van der Waals surface area contributed by atoms with Gasteiger partial charge in [-0.25, -0.2) is 14.6 Å². The lowest BCUT2D eigenvalue weighted by Gasteiger charge is -2.00. The molecular formula is C10H8N2O2. The van der Waals surface area contributed by atoms with Crippen LogP contribution in [0.2, 0.25) is 0 Å². The zero-order valence-electron chi connectivity index (χ0n) is 7.65. The first-order valence-corrected chi connectivity index (χ1v) is 3.99. The lowest BCUT2D eigenvalue weighted by Crippen LogP contribution is -1.82. The summed E-state index contributed by atoms with van der Waals surface area (Å²) in [5, 5.41) is 0. The first-order chi connectivity index (χ1) is 6.77. The minimum Gasteiger partial charge on any atom is -0.211 e. The van der Waals surface area contributed by atoms with Crippen LogP contribution in [0.1, 0.15) is 11.1 Å². The normalized spacial score (nSPS) is 8.64. The summed E-state index contributed by atoms with van der Waals surface area (Å²) < 4.78 is 0. The van der Waals surface area contributed by atoms with Gasteiger partial charge in [0.15, 0.2) is 0 Å². The molecule has 0 N–H and O–H groups in total. The van der Waals surface area contributed by atoms with Crippen LogP contribution in [0, 0.1) is 6.92 Å². The van der Waals surface area contributed by atoms with Crippen molar-refractivity contribution in [2.45, 2.75) is 13.5 Å². The van der Waals surface area contributed by atoms with Crippen LogP contribution in [0.15, 0.2) is 28.2 Å². The quantitative estimate of drug-likeness (QED) is 0.536. The second kappa shape index (κ2) is 4.87. The van der Waals surface area contributed by atoms with E-state index < -0.39 is 0 Å². The van der Waals surface area contributed by atoms with Crippen molar-refractivity contribution in [2.24, 2.45) is 9.98 Å². The van der Waals surface area contributed by atoms with E-state index in [1.165, 1.54) is 12.2 Å². The smallest absolute Gasteiger partial charge is 0.211 e. The average Bonchev–Trinajstić information content (AvgIpc) is 2.19. The Labute approximate surface area is 81.0 Å². The monoisotopic (exact) mass is 188 g/mol. The summed E-state index contributed by atoms with van der Waals surface area (Å²) in [5.74, 6) is 0. The van der Waals surface area contributed by atoms with E-state index in [1.54, 1.807) is 6.07 Å². The van der Waals surface area contributed by atoms with Gasteiger partial charge in [0, 0.05) is 0 Å². The van der Waals surface area contributed by atoms with Gasteiger partial charge in [0.1, 0.15) is 0 Å². The van der Waals surface area contributed by atoms with Crippen molar-refractivity contribution < 1.29 is 9.59 Å². The molecule has 4 heteroatoms. The second-order valence-corrected chi connectivity index (χ2v) is 2.73. The van der Waals surface area contributed by atoms with E-state index in [-0.39, 0.29) is 6.54 Å². The van der Waals surface area contributed by atoms with Crippen molar-refractivity contribution in [3.8, 4) is 0 Å². The van der Waals surface area contributed by atoms with Gasteiger partial charge in [-0.05, 0) is 24.1 Å². The summed E-state index contributed by atoms with van der Waals surface area (Å²) in [5.41, 5.74) is 2.25. The molecule has 0 bridgehead atoms. The number of carbonyl (C=O) groups excluding carboxylic acids is 2. The van der Waals surface area contributed by atoms with E-state index in [9.17, 15) is 9.59 Å². The van der Waals surface area contributed by atoms with Crippen LogP contribution in [0.4, 0.5) is 5.69 Å². The van der Waals surface area contributed by atoms with Gasteiger partial charge >= 0.3 is 0 Å². The van der Waals surface area contributed by atoms with E-state index in [4.69, 9.17) is 0 Å². The molecule has 0 fully saturated rings. The molecule has 14 heavy (non-hydrogen) atoms. The number of hydrogen-bond acceptors (Lipinski definition) is 4. The number of hydrogen-bond donors (Lipinski definition) is 0. The zero-order valence-corrected chi connectivity index (χ0v) is 7.65. The molecule has 0 aromatic heterocycles. The summed E-state index contributed by atoms with van der Waals surface area (Å²) >= 11 is 0. The van der Waals surface area contributed by atoms with Crippen LogP contribution in [-0.2, 0) is 16.1 Å². The Morgan fingerprint density at radius 3 is 2.71 bits per heavy atom. The molecule has 0 aliphatic heterocycles. The van der Waals surface area contributed by atoms with E-state index >= 15 is 0 Å². The highest BCUT2D eigenvalue weighted by Gasteiger charge is 1.98. The van der Waals surface area contributed by atoms with Crippen molar-refractivity contribution in [1.29, 1.82) is 0 Å². The predicted molar refractivity (Wildman–Crippen MR) is 50.8 cm³/mol. The maximum Gasteiger partial charge on any atom is 0.240 e. The summed E-state index contributed by atoms with van der Waals surface area (Å²) in [7, 11) is 0.